The van der Waals surface area contributed by atoms with Gasteiger partial charge in [-0.2, -0.15) is 0 Å². The molecule has 0 radical (unpaired) electrons. The highest BCUT2D eigenvalue weighted by Gasteiger charge is 2.49. The molecule has 1 saturated heterocycles. The summed E-state index contributed by atoms with van der Waals surface area (Å²) >= 11 is 7.75. The van der Waals surface area contributed by atoms with Crippen LogP contribution in [0.4, 0.5) is 5.69 Å². The van der Waals surface area contributed by atoms with Crippen molar-refractivity contribution < 1.29 is 24.0 Å². The summed E-state index contributed by atoms with van der Waals surface area (Å²) in [5.74, 6) is -1.34. The molecule has 2 aliphatic rings. The Kier molecular flexibility index (Phi) is 6.66. The van der Waals surface area contributed by atoms with Crippen LogP contribution in [0, 0.1) is 10.1 Å². The highest BCUT2D eigenvalue weighted by atomic mass is 35.5. The molecule has 2 amide bonds. The Hall–Kier alpha value is -3.37. The molecule has 33 heavy (non-hydrogen) atoms. The predicted octanol–water partition coefficient (Wildman–Crippen LogP) is 3.08. The molecule has 2 aliphatic heterocycles. The van der Waals surface area contributed by atoms with Crippen molar-refractivity contribution in [3.8, 4) is 0 Å². The number of esters is 1. The number of thioether (sulfide) groups is 1. The van der Waals surface area contributed by atoms with Crippen LogP contribution in [0.2, 0.25) is 0 Å². The van der Waals surface area contributed by atoms with Crippen LogP contribution in [0.5, 0.6) is 0 Å². The minimum absolute atomic E-state index is 0.0133. The van der Waals surface area contributed by atoms with E-state index in [1.54, 1.807) is 0 Å². The lowest BCUT2D eigenvalue weighted by Crippen LogP contribution is -2.57. The van der Waals surface area contributed by atoms with Crippen LogP contribution in [0.3, 0.4) is 0 Å². The third-order valence-corrected chi connectivity index (χ3v) is 6.95. The van der Waals surface area contributed by atoms with Crippen LogP contribution >= 0.6 is 23.4 Å². The number of β-lactam (4-membered cyclic amide) rings is 1. The Morgan fingerprint density at radius 3 is 2.48 bits per heavy atom. The molecule has 0 aromatic heterocycles. The fraction of sp³-hybridized carbons (Fsp3) is 0.227. The lowest BCUT2D eigenvalue weighted by Gasteiger charge is -2.45. The van der Waals surface area contributed by atoms with Crippen molar-refractivity contribution in [2.45, 2.75) is 30.2 Å². The summed E-state index contributed by atoms with van der Waals surface area (Å²) in [4.78, 5) is 49.0. The molecule has 0 spiro atoms. The molecule has 2 aromatic carbocycles. The number of fused-ring (bicyclic) bond motifs is 1. The average molecular weight is 488 g/mol. The molecule has 4 rings (SSSR count). The summed E-state index contributed by atoms with van der Waals surface area (Å²) in [5, 5.41) is 12.6. The normalized spacial score (nSPS) is 19.4. The largest absolute Gasteiger partial charge is 0.456 e. The van der Waals surface area contributed by atoms with Gasteiger partial charge in [-0.3, -0.25) is 24.6 Å². The second kappa shape index (κ2) is 9.63. The Morgan fingerprint density at radius 2 is 1.85 bits per heavy atom. The Morgan fingerprint density at radius 1 is 1.15 bits per heavy atom. The van der Waals surface area contributed by atoms with Gasteiger partial charge in [0.15, 0.2) is 0 Å². The van der Waals surface area contributed by atoms with Crippen LogP contribution < -0.4 is 5.32 Å². The summed E-state index contributed by atoms with van der Waals surface area (Å²) < 4.78 is 5.32. The zero-order chi connectivity index (χ0) is 23.5. The number of ether oxygens (including phenoxy) is 1. The van der Waals surface area contributed by atoms with Crippen molar-refractivity contribution in [3.63, 3.8) is 0 Å². The van der Waals surface area contributed by atoms with E-state index in [9.17, 15) is 24.5 Å². The smallest absolute Gasteiger partial charge is 0.356 e. The van der Waals surface area contributed by atoms with Crippen LogP contribution in [0.1, 0.15) is 17.5 Å². The molecule has 11 heteroatoms. The van der Waals surface area contributed by atoms with Crippen molar-refractivity contribution in [2.75, 3.05) is 0 Å². The highest BCUT2D eigenvalue weighted by molar-refractivity contribution is 8.00. The fourth-order valence-corrected chi connectivity index (χ4v) is 5.13. The molecule has 2 aromatic rings. The Labute approximate surface area is 197 Å². The second-order valence-electron chi connectivity index (χ2n) is 7.36. The maximum Gasteiger partial charge on any atom is 0.356 e. The zero-order valence-electron chi connectivity index (χ0n) is 17.1. The van der Waals surface area contributed by atoms with E-state index >= 15 is 0 Å². The van der Waals surface area contributed by atoms with Crippen LogP contribution in [-0.4, -0.2) is 38.4 Å². The summed E-state index contributed by atoms with van der Waals surface area (Å²) in [5.41, 5.74) is 1.20. The second-order valence-corrected chi connectivity index (χ2v) is 9.06. The van der Waals surface area contributed by atoms with Crippen LogP contribution in [0.15, 0.2) is 65.3 Å². The SMILES string of the molecule is O=C(Cc1ccccc1)NC1S[C@@H]2CC(=O)N2C(C(=O)OCc2ccc([N+](=O)[O-])cc2)=C1Cl. The van der Waals surface area contributed by atoms with Crippen LogP contribution in [-0.2, 0) is 32.1 Å². The number of nitro groups is 1. The van der Waals surface area contributed by atoms with Gasteiger partial charge in [0.2, 0.25) is 11.8 Å². The van der Waals surface area contributed by atoms with Gasteiger partial charge in [-0.05, 0) is 23.3 Å². The van der Waals surface area contributed by atoms with Crippen molar-refractivity contribution >= 4 is 46.8 Å². The molecule has 170 valence electrons. The van der Waals surface area contributed by atoms with Gasteiger partial charge in [0, 0.05) is 12.1 Å². The predicted molar refractivity (Wildman–Crippen MR) is 121 cm³/mol. The molecule has 0 bridgehead atoms. The van der Waals surface area contributed by atoms with Gasteiger partial charge in [-0.15, -0.1) is 11.8 Å². The van der Waals surface area contributed by atoms with E-state index in [0.717, 1.165) is 5.56 Å². The lowest BCUT2D eigenvalue weighted by atomic mass is 10.1. The van der Waals surface area contributed by atoms with E-state index in [1.807, 2.05) is 30.3 Å². The number of nitrogens with zero attached hydrogens (tertiary/aromatic N) is 2. The maximum atomic E-state index is 12.8. The van der Waals surface area contributed by atoms with E-state index in [-0.39, 0.29) is 53.1 Å². The number of hydrogen-bond donors (Lipinski definition) is 1. The summed E-state index contributed by atoms with van der Waals surface area (Å²) in [6, 6.07) is 14.7. The fourth-order valence-electron chi connectivity index (χ4n) is 3.42. The zero-order valence-corrected chi connectivity index (χ0v) is 18.7. The van der Waals surface area contributed by atoms with E-state index in [4.69, 9.17) is 16.3 Å². The number of non-ortho nitro benzene ring substituents is 1. The number of nitro benzene ring substituents is 1. The molecule has 1 fully saturated rings. The highest BCUT2D eigenvalue weighted by Crippen LogP contribution is 2.44. The molecule has 1 N–H and O–H groups in total. The average Bonchev–Trinajstić information content (AvgIpc) is 2.79. The molecule has 2 atom stereocenters. The standard InChI is InChI=1S/C22H18ClN3O6S/c23-19-20(22(29)32-12-14-6-8-15(9-7-14)26(30)31)25-17(28)11-18(25)33-21(19)24-16(27)10-13-4-2-1-3-5-13/h1-9,18,21H,10-12H2,(H,24,27)/t18-,21?/m1/s1. The number of hydrogen-bond acceptors (Lipinski definition) is 7. The van der Waals surface area contributed by atoms with E-state index in [1.165, 1.54) is 40.9 Å². The third kappa shape index (κ3) is 5.01. The first-order valence-electron chi connectivity index (χ1n) is 9.94. The van der Waals surface area contributed by atoms with Gasteiger partial charge in [-0.25, -0.2) is 4.79 Å². The molecular weight excluding hydrogens is 470 g/mol. The van der Waals surface area contributed by atoms with Gasteiger partial charge in [-0.1, -0.05) is 41.9 Å². The van der Waals surface area contributed by atoms with Gasteiger partial charge < -0.3 is 10.1 Å². The van der Waals surface area contributed by atoms with E-state index in [0.29, 0.717) is 5.56 Å². The third-order valence-electron chi connectivity index (χ3n) is 5.11. The maximum absolute atomic E-state index is 12.8. The quantitative estimate of drug-likeness (QED) is 0.276. The first kappa shape index (κ1) is 22.8. The molecule has 1 unspecified atom stereocenters. The van der Waals surface area contributed by atoms with E-state index < -0.39 is 16.3 Å². The minimum atomic E-state index is -0.806. The Bertz CT molecular complexity index is 1140. The number of nitrogens with one attached hydrogen (secondary N) is 1. The number of amides is 2. The number of carbonyl (C=O) groups excluding carboxylic acids is 3. The van der Waals surface area contributed by atoms with Crippen LogP contribution in [0.25, 0.3) is 0 Å². The van der Waals surface area contributed by atoms with Gasteiger partial charge >= 0.3 is 5.97 Å². The number of carbonyl (C=O) groups is 3. The summed E-state index contributed by atoms with van der Waals surface area (Å²) in [6.07, 6.45) is 0.369. The van der Waals surface area contributed by atoms with Crippen molar-refractivity contribution in [3.05, 3.63) is 86.6 Å². The first-order valence-corrected chi connectivity index (χ1v) is 11.3. The minimum Gasteiger partial charge on any atom is -0.456 e. The van der Waals surface area contributed by atoms with Crippen molar-refractivity contribution in [1.82, 2.24) is 10.2 Å². The van der Waals surface area contributed by atoms with Crippen molar-refractivity contribution in [1.29, 1.82) is 0 Å². The lowest BCUT2D eigenvalue weighted by molar-refractivity contribution is -0.384. The Balaban J connectivity index is 1.46. The monoisotopic (exact) mass is 487 g/mol. The topological polar surface area (TPSA) is 119 Å². The molecular formula is C22H18ClN3O6S. The molecule has 0 saturated carbocycles. The van der Waals surface area contributed by atoms with Gasteiger partial charge in [0.25, 0.3) is 5.69 Å². The van der Waals surface area contributed by atoms with E-state index in [2.05, 4.69) is 5.32 Å². The first-order chi connectivity index (χ1) is 15.8. The molecule has 2 heterocycles. The van der Waals surface area contributed by atoms with Gasteiger partial charge in [0.05, 0.1) is 28.2 Å². The summed E-state index contributed by atoms with van der Waals surface area (Å²) in [7, 11) is 0. The number of halogens is 1. The number of benzene rings is 2. The van der Waals surface area contributed by atoms with Gasteiger partial charge in [0.1, 0.15) is 17.7 Å². The summed E-state index contributed by atoms with van der Waals surface area (Å²) in [6.45, 7) is -0.157. The molecule has 9 nitrogen and oxygen atoms in total. The number of rotatable bonds is 7. The molecule has 0 aliphatic carbocycles. The van der Waals surface area contributed by atoms with Crippen molar-refractivity contribution in [2.24, 2.45) is 0 Å².